The maximum absolute atomic E-state index is 11.4. The number of aliphatic carboxylic acids is 1. The zero-order valence-electron chi connectivity index (χ0n) is 6.53. The molecule has 0 radical (unpaired) electrons. The summed E-state index contributed by atoms with van der Waals surface area (Å²) < 4.78 is 11.4. The highest BCUT2D eigenvalue weighted by atomic mass is 32.1. The molecule has 0 aromatic heterocycles. The minimum absolute atomic E-state index is 0.223. The fourth-order valence-electron chi connectivity index (χ4n) is 0.697. The minimum Gasteiger partial charge on any atom is -0.480 e. The van der Waals surface area contributed by atoms with Crippen LogP contribution in [0.1, 0.15) is 6.42 Å². The third-order valence-corrected chi connectivity index (χ3v) is 1.55. The van der Waals surface area contributed by atoms with E-state index in [1.807, 2.05) is 0 Å². The molecular formula is C7H12FNO2S. The number of hydrogen-bond donors (Lipinski definition) is 3. The van der Waals surface area contributed by atoms with Gasteiger partial charge in [-0.25, -0.2) is 4.39 Å². The van der Waals surface area contributed by atoms with Gasteiger partial charge in [0.2, 0.25) is 0 Å². The first kappa shape index (κ1) is 11.4. The van der Waals surface area contributed by atoms with E-state index in [2.05, 4.69) is 17.9 Å². The molecule has 0 spiro atoms. The van der Waals surface area contributed by atoms with Crippen LogP contribution >= 0.6 is 12.6 Å². The standard InChI is InChI=1S/C7H12FNO2S/c8-3-1-4-9-6(2-5-12)7(10)11/h1,3,6,9,12H,2,4-5H2,(H,10,11)/t6-/m0/s1. The molecule has 0 saturated carbocycles. The van der Waals surface area contributed by atoms with Crippen molar-refractivity contribution in [2.75, 3.05) is 12.3 Å². The largest absolute Gasteiger partial charge is 0.480 e. The van der Waals surface area contributed by atoms with Gasteiger partial charge >= 0.3 is 5.97 Å². The Balaban J connectivity index is 3.71. The van der Waals surface area contributed by atoms with Crippen molar-refractivity contribution in [1.82, 2.24) is 5.32 Å². The maximum Gasteiger partial charge on any atom is 0.320 e. The molecule has 0 bridgehead atoms. The molecule has 0 fully saturated rings. The fraction of sp³-hybridized carbons (Fsp3) is 0.571. The Morgan fingerprint density at radius 3 is 2.83 bits per heavy atom. The SMILES string of the molecule is O=C(O)[C@H](CCS)NCC=CF. The summed E-state index contributed by atoms with van der Waals surface area (Å²) in [5.41, 5.74) is 0. The summed E-state index contributed by atoms with van der Waals surface area (Å²) in [6.07, 6.45) is 2.03. The van der Waals surface area contributed by atoms with Gasteiger partial charge in [-0.3, -0.25) is 4.79 Å². The van der Waals surface area contributed by atoms with Crippen LogP contribution in [0.25, 0.3) is 0 Å². The van der Waals surface area contributed by atoms with E-state index >= 15 is 0 Å². The van der Waals surface area contributed by atoms with Gasteiger partial charge in [0.25, 0.3) is 0 Å². The minimum atomic E-state index is -0.934. The molecule has 0 aliphatic carbocycles. The topological polar surface area (TPSA) is 49.3 Å². The number of thiol groups is 1. The second kappa shape index (κ2) is 7.12. The highest BCUT2D eigenvalue weighted by Crippen LogP contribution is 1.94. The first-order chi connectivity index (χ1) is 5.72. The molecule has 0 amide bonds. The highest BCUT2D eigenvalue weighted by molar-refractivity contribution is 7.80. The lowest BCUT2D eigenvalue weighted by Crippen LogP contribution is -2.37. The zero-order chi connectivity index (χ0) is 9.40. The predicted octanol–water partition coefficient (Wildman–Crippen LogP) is 0.832. The normalized spacial score (nSPS) is 13.5. The summed E-state index contributed by atoms with van der Waals surface area (Å²) in [7, 11) is 0. The van der Waals surface area contributed by atoms with Crippen LogP contribution in [-0.2, 0) is 4.79 Å². The molecule has 0 aromatic rings. The summed E-state index contributed by atoms with van der Waals surface area (Å²) in [5, 5.41) is 11.2. The van der Waals surface area contributed by atoms with E-state index in [1.54, 1.807) is 0 Å². The predicted molar refractivity (Wildman–Crippen MR) is 48.1 cm³/mol. The Hall–Kier alpha value is -0.550. The highest BCUT2D eigenvalue weighted by Gasteiger charge is 2.13. The average Bonchev–Trinajstić information content (AvgIpc) is 2.03. The molecule has 70 valence electrons. The van der Waals surface area contributed by atoms with Crippen molar-refractivity contribution in [2.45, 2.75) is 12.5 Å². The van der Waals surface area contributed by atoms with E-state index in [-0.39, 0.29) is 6.54 Å². The van der Waals surface area contributed by atoms with E-state index in [1.165, 1.54) is 6.08 Å². The van der Waals surface area contributed by atoms with Gasteiger partial charge < -0.3 is 10.4 Å². The van der Waals surface area contributed by atoms with Crippen molar-refractivity contribution >= 4 is 18.6 Å². The number of carboxylic acid groups (broad SMARTS) is 1. The molecule has 0 heterocycles. The molecule has 1 atom stereocenters. The van der Waals surface area contributed by atoms with Crippen molar-refractivity contribution in [1.29, 1.82) is 0 Å². The summed E-state index contributed by atoms with van der Waals surface area (Å²) in [5.74, 6) is -0.445. The van der Waals surface area contributed by atoms with Crippen molar-refractivity contribution in [2.24, 2.45) is 0 Å². The second-order valence-corrected chi connectivity index (χ2v) is 2.62. The van der Waals surface area contributed by atoms with Crippen LogP contribution in [0.15, 0.2) is 12.4 Å². The van der Waals surface area contributed by atoms with Crippen LogP contribution in [0.3, 0.4) is 0 Å². The second-order valence-electron chi connectivity index (χ2n) is 2.17. The lowest BCUT2D eigenvalue weighted by atomic mass is 10.2. The Morgan fingerprint density at radius 2 is 2.42 bits per heavy atom. The summed E-state index contributed by atoms with van der Waals surface area (Å²) >= 11 is 3.90. The van der Waals surface area contributed by atoms with E-state index in [9.17, 15) is 9.18 Å². The van der Waals surface area contributed by atoms with Crippen molar-refractivity contribution in [3.05, 3.63) is 12.4 Å². The number of nitrogens with one attached hydrogen (secondary N) is 1. The van der Waals surface area contributed by atoms with E-state index < -0.39 is 12.0 Å². The number of carboxylic acids is 1. The maximum atomic E-state index is 11.4. The molecule has 0 aliphatic rings. The number of carbonyl (C=O) groups is 1. The van der Waals surface area contributed by atoms with E-state index in [0.29, 0.717) is 18.5 Å². The van der Waals surface area contributed by atoms with Crippen molar-refractivity contribution < 1.29 is 14.3 Å². The molecule has 0 rings (SSSR count). The first-order valence-electron chi connectivity index (χ1n) is 3.54. The molecule has 0 saturated heterocycles. The lowest BCUT2D eigenvalue weighted by molar-refractivity contribution is -0.139. The molecule has 0 unspecified atom stereocenters. The van der Waals surface area contributed by atoms with Gasteiger partial charge in [-0.1, -0.05) is 0 Å². The third kappa shape index (κ3) is 5.15. The van der Waals surface area contributed by atoms with Crippen molar-refractivity contribution in [3.63, 3.8) is 0 Å². The van der Waals surface area contributed by atoms with Gasteiger partial charge in [-0.15, -0.1) is 0 Å². The number of rotatable bonds is 6. The summed E-state index contributed by atoms with van der Waals surface area (Å²) in [6, 6.07) is -0.640. The van der Waals surface area contributed by atoms with Crippen LogP contribution in [0.4, 0.5) is 4.39 Å². The van der Waals surface area contributed by atoms with Gasteiger partial charge in [0.05, 0.1) is 6.33 Å². The smallest absolute Gasteiger partial charge is 0.320 e. The summed E-state index contributed by atoms with van der Waals surface area (Å²) in [4.78, 5) is 10.5. The van der Waals surface area contributed by atoms with Gasteiger partial charge in [-0.2, -0.15) is 12.6 Å². The number of hydrogen-bond acceptors (Lipinski definition) is 3. The molecular weight excluding hydrogens is 181 g/mol. The van der Waals surface area contributed by atoms with Crippen LogP contribution in [0, 0.1) is 0 Å². The monoisotopic (exact) mass is 193 g/mol. The van der Waals surface area contributed by atoms with Crippen molar-refractivity contribution in [3.8, 4) is 0 Å². The van der Waals surface area contributed by atoms with Crippen LogP contribution < -0.4 is 5.32 Å². The van der Waals surface area contributed by atoms with E-state index in [4.69, 9.17) is 5.11 Å². The van der Waals surface area contributed by atoms with E-state index in [0.717, 1.165) is 0 Å². The quantitative estimate of drug-likeness (QED) is 0.548. The average molecular weight is 193 g/mol. The Morgan fingerprint density at radius 1 is 1.75 bits per heavy atom. The molecule has 0 aromatic carbocycles. The lowest BCUT2D eigenvalue weighted by Gasteiger charge is -2.10. The van der Waals surface area contributed by atoms with Crippen LogP contribution in [0.5, 0.6) is 0 Å². The number of halogens is 1. The molecule has 12 heavy (non-hydrogen) atoms. The molecule has 5 heteroatoms. The van der Waals surface area contributed by atoms with Gasteiger partial charge in [-0.05, 0) is 18.2 Å². The molecule has 3 nitrogen and oxygen atoms in total. The summed E-state index contributed by atoms with van der Waals surface area (Å²) in [6.45, 7) is 0.223. The Labute approximate surface area is 76.1 Å². The van der Waals surface area contributed by atoms with Gasteiger partial charge in [0, 0.05) is 6.54 Å². The van der Waals surface area contributed by atoms with Crippen LogP contribution in [-0.4, -0.2) is 29.4 Å². The Kier molecular flexibility index (Phi) is 6.79. The van der Waals surface area contributed by atoms with Crippen LogP contribution in [0.2, 0.25) is 0 Å². The fourth-order valence-corrected chi connectivity index (χ4v) is 0.955. The van der Waals surface area contributed by atoms with Gasteiger partial charge in [0.1, 0.15) is 6.04 Å². The zero-order valence-corrected chi connectivity index (χ0v) is 7.43. The third-order valence-electron chi connectivity index (χ3n) is 1.29. The molecule has 2 N–H and O–H groups in total. The Bertz CT molecular complexity index is 163. The first-order valence-corrected chi connectivity index (χ1v) is 4.18. The van der Waals surface area contributed by atoms with Gasteiger partial charge in [0.15, 0.2) is 0 Å². The molecule has 0 aliphatic heterocycles.